The maximum Gasteiger partial charge on any atom is 0.306 e. The summed E-state index contributed by atoms with van der Waals surface area (Å²) in [5, 5.41) is 0. The Hall–Kier alpha value is -1.83. The molecule has 9 atom stereocenters. The first-order valence-electron chi connectivity index (χ1n) is 22.6. The fourth-order valence-corrected chi connectivity index (χ4v) is 11.3. The molecule has 0 amide bonds. The second-order valence-corrected chi connectivity index (χ2v) is 18.8. The van der Waals surface area contributed by atoms with Gasteiger partial charge in [-0.25, -0.2) is 0 Å². The van der Waals surface area contributed by atoms with Crippen molar-refractivity contribution in [1.29, 1.82) is 0 Å². The van der Waals surface area contributed by atoms with Gasteiger partial charge < -0.3 is 4.74 Å². The molecule has 4 rings (SSSR count). The van der Waals surface area contributed by atoms with Crippen LogP contribution in [0.15, 0.2) is 60.3 Å². The van der Waals surface area contributed by atoms with Crippen LogP contribution in [0.2, 0.25) is 0 Å². The first-order valence-corrected chi connectivity index (χ1v) is 22.6. The van der Waals surface area contributed by atoms with E-state index in [4.69, 9.17) is 4.74 Å². The number of hydrogen-bond donors (Lipinski definition) is 0. The molecule has 0 aromatic rings. The van der Waals surface area contributed by atoms with Crippen LogP contribution in [0, 0.1) is 52.3 Å². The predicted molar refractivity (Wildman–Crippen MR) is 225 cm³/mol. The van der Waals surface area contributed by atoms with Crippen molar-refractivity contribution in [2.24, 2.45) is 52.3 Å². The zero-order valence-corrected chi connectivity index (χ0v) is 35.2. The minimum absolute atomic E-state index is 0.0305. The highest BCUT2D eigenvalue weighted by molar-refractivity contribution is 5.69. The lowest BCUT2D eigenvalue weighted by Gasteiger charge is -2.58. The van der Waals surface area contributed by atoms with E-state index < -0.39 is 0 Å². The van der Waals surface area contributed by atoms with E-state index >= 15 is 0 Å². The zero-order valence-electron chi connectivity index (χ0n) is 35.2. The normalized spacial score (nSPS) is 31.7. The van der Waals surface area contributed by atoms with Gasteiger partial charge in [-0.15, -0.1) is 0 Å². The molecule has 0 aromatic heterocycles. The van der Waals surface area contributed by atoms with Crippen LogP contribution in [0.3, 0.4) is 0 Å². The third kappa shape index (κ3) is 12.1. The van der Waals surface area contributed by atoms with Crippen molar-refractivity contribution in [2.75, 3.05) is 0 Å². The van der Waals surface area contributed by atoms with E-state index in [-0.39, 0.29) is 12.1 Å². The summed E-state index contributed by atoms with van der Waals surface area (Å²) in [6, 6.07) is 0. The number of esters is 1. The summed E-state index contributed by atoms with van der Waals surface area (Å²) in [4.78, 5) is 12.9. The highest BCUT2D eigenvalue weighted by Crippen LogP contribution is 2.67. The second kappa shape index (κ2) is 21.9. The fourth-order valence-electron chi connectivity index (χ4n) is 11.3. The van der Waals surface area contributed by atoms with Gasteiger partial charge in [-0.05, 0) is 149 Å². The molecule has 4 aliphatic carbocycles. The van der Waals surface area contributed by atoms with E-state index in [0.717, 1.165) is 99.2 Å². The molecule has 0 bridgehead atoms. The van der Waals surface area contributed by atoms with Gasteiger partial charge in [0.25, 0.3) is 0 Å². The Balaban J connectivity index is 1.09. The summed E-state index contributed by atoms with van der Waals surface area (Å²) in [7, 11) is 0. The number of rotatable bonds is 22. The lowest BCUT2D eigenvalue weighted by molar-refractivity contribution is -0.151. The average molecular weight is 715 g/mol. The van der Waals surface area contributed by atoms with Crippen LogP contribution < -0.4 is 0 Å². The van der Waals surface area contributed by atoms with E-state index in [0.29, 0.717) is 17.3 Å². The summed E-state index contributed by atoms with van der Waals surface area (Å²) in [6.45, 7) is 17.4. The van der Waals surface area contributed by atoms with Crippen LogP contribution in [0.25, 0.3) is 0 Å². The molecule has 3 saturated carbocycles. The van der Waals surface area contributed by atoms with Crippen molar-refractivity contribution < 1.29 is 9.53 Å². The first kappa shape index (κ1) is 42.9. The quantitative estimate of drug-likeness (QED) is 0.0634. The molecular weight excluding hydrogens is 633 g/mol. The Labute approximate surface area is 322 Å². The molecule has 52 heavy (non-hydrogen) atoms. The topological polar surface area (TPSA) is 26.3 Å². The van der Waals surface area contributed by atoms with Crippen molar-refractivity contribution in [3.8, 4) is 0 Å². The van der Waals surface area contributed by atoms with Gasteiger partial charge in [0.1, 0.15) is 6.10 Å². The predicted octanol–water partition coefficient (Wildman–Crippen LogP) is 15.1. The summed E-state index contributed by atoms with van der Waals surface area (Å²) in [5.41, 5.74) is 2.48. The Kier molecular flexibility index (Phi) is 18.1. The number of allylic oxidation sites excluding steroid dienone is 9. The monoisotopic (exact) mass is 715 g/mol. The fraction of sp³-hybridized carbons (Fsp3) is 0.780. The lowest BCUT2D eigenvalue weighted by Crippen LogP contribution is -2.51. The number of carbonyl (C=O) groups excluding carboxylic acids is 1. The lowest BCUT2D eigenvalue weighted by atomic mass is 9.47. The molecule has 2 heteroatoms. The summed E-state index contributed by atoms with van der Waals surface area (Å²) in [5.74, 6) is 6.01. The molecule has 294 valence electrons. The van der Waals surface area contributed by atoms with Crippen molar-refractivity contribution in [2.45, 2.75) is 196 Å². The van der Waals surface area contributed by atoms with Crippen molar-refractivity contribution in [3.05, 3.63) is 60.3 Å². The molecule has 4 aliphatic rings. The third-order valence-corrected chi connectivity index (χ3v) is 15.0. The Bertz CT molecular complexity index is 1200. The van der Waals surface area contributed by atoms with Gasteiger partial charge in [-0.2, -0.15) is 0 Å². The van der Waals surface area contributed by atoms with E-state index in [9.17, 15) is 4.79 Å². The van der Waals surface area contributed by atoms with Gasteiger partial charge in [0.2, 0.25) is 0 Å². The molecular formula is C50H82O2. The average Bonchev–Trinajstić information content (AvgIpc) is 3.48. The van der Waals surface area contributed by atoms with Gasteiger partial charge in [-0.1, -0.05) is 141 Å². The molecule has 0 aromatic carbocycles. The Morgan fingerprint density at radius 1 is 0.769 bits per heavy atom. The smallest absolute Gasteiger partial charge is 0.306 e. The summed E-state index contributed by atoms with van der Waals surface area (Å²) in [6.07, 6.45) is 47.1. The van der Waals surface area contributed by atoms with Gasteiger partial charge >= 0.3 is 5.97 Å². The van der Waals surface area contributed by atoms with E-state index in [2.05, 4.69) is 103 Å². The molecule has 0 radical (unpaired) electrons. The zero-order chi connectivity index (χ0) is 37.4. The molecule has 2 nitrogen and oxygen atoms in total. The van der Waals surface area contributed by atoms with Gasteiger partial charge in [0.15, 0.2) is 0 Å². The number of unbranched alkanes of at least 4 members (excludes halogenated alkanes) is 6. The van der Waals surface area contributed by atoms with Gasteiger partial charge in [-0.3, -0.25) is 4.79 Å². The maximum atomic E-state index is 12.9. The summed E-state index contributed by atoms with van der Waals surface area (Å²) < 4.78 is 6.13. The van der Waals surface area contributed by atoms with Crippen LogP contribution in [0.4, 0.5) is 0 Å². The third-order valence-electron chi connectivity index (χ3n) is 15.0. The Morgan fingerprint density at radius 2 is 1.42 bits per heavy atom. The molecule has 0 heterocycles. The molecule has 9 unspecified atom stereocenters. The van der Waals surface area contributed by atoms with Crippen LogP contribution in [0.5, 0.6) is 0 Å². The van der Waals surface area contributed by atoms with E-state index in [1.54, 1.807) is 5.57 Å². The van der Waals surface area contributed by atoms with E-state index in [1.165, 1.54) is 77.0 Å². The maximum absolute atomic E-state index is 12.9. The van der Waals surface area contributed by atoms with Crippen molar-refractivity contribution >= 4 is 5.97 Å². The SMILES string of the molecule is CCCCC/C=C\C/C=C\C/C=C\C/C=C\CCCCCC(=O)OC1CCC2(C)C(=CCC3C2CCC2(C)C(C(C)CCC(C)C(C)C)CCC32)C1. The molecule has 3 fully saturated rings. The molecule has 0 N–H and O–H groups in total. The standard InChI is InChI=1S/C50H82O2/c1-8-9-10-11-12-13-14-15-16-17-18-19-20-21-22-23-24-25-26-27-48(51)52-43-34-36-49(6)42(38-43)30-31-44-46-33-32-45(50(46,7)37-35-47(44)49)41(5)29-28-40(4)39(2)3/h12-13,15-16,18-19,21-22,30,39-41,43-47H,8-11,14,17,20,23-29,31-38H2,1-7H3/b13-12-,16-15-,19-18-,22-21-. The van der Waals surface area contributed by atoms with Gasteiger partial charge in [0.05, 0.1) is 0 Å². The number of hydrogen-bond acceptors (Lipinski definition) is 2. The number of ether oxygens (including phenoxy) is 1. The van der Waals surface area contributed by atoms with Crippen molar-refractivity contribution in [1.82, 2.24) is 0 Å². The minimum Gasteiger partial charge on any atom is -0.462 e. The summed E-state index contributed by atoms with van der Waals surface area (Å²) >= 11 is 0. The van der Waals surface area contributed by atoms with Crippen LogP contribution >= 0.6 is 0 Å². The van der Waals surface area contributed by atoms with E-state index in [1.807, 2.05) is 0 Å². The first-order chi connectivity index (χ1) is 25.1. The number of carbonyl (C=O) groups is 1. The number of fused-ring (bicyclic) bond motifs is 5. The van der Waals surface area contributed by atoms with Crippen LogP contribution in [-0.2, 0) is 9.53 Å². The highest BCUT2D eigenvalue weighted by Gasteiger charge is 2.59. The molecule has 0 aliphatic heterocycles. The van der Waals surface area contributed by atoms with Crippen LogP contribution in [0.1, 0.15) is 190 Å². The minimum atomic E-state index is 0.0305. The van der Waals surface area contributed by atoms with Gasteiger partial charge in [0, 0.05) is 12.8 Å². The Morgan fingerprint density at radius 3 is 2.08 bits per heavy atom. The highest BCUT2D eigenvalue weighted by atomic mass is 16.5. The van der Waals surface area contributed by atoms with Crippen molar-refractivity contribution in [3.63, 3.8) is 0 Å². The largest absolute Gasteiger partial charge is 0.462 e. The van der Waals surface area contributed by atoms with Crippen LogP contribution in [-0.4, -0.2) is 12.1 Å². The second-order valence-electron chi connectivity index (χ2n) is 18.8. The molecule has 0 saturated heterocycles. The molecule has 0 spiro atoms.